The summed E-state index contributed by atoms with van der Waals surface area (Å²) in [5.41, 5.74) is 1.10. The van der Waals surface area contributed by atoms with Crippen LogP contribution in [0.2, 0.25) is 0 Å². The summed E-state index contributed by atoms with van der Waals surface area (Å²) in [6, 6.07) is 6.93. The lowest BCUT2D eigenvalue weighted by Gasteiger charge is -2.10. The smallest absolute Gasteiger partial charge is 0.245 e. The number of nitrogens with zero attached hydrogens (tertiary/aromatic N) is 2. The molecule has 0 bridgehead atoms. The highest BCUT2D eigenvalue weighted by molar-refractivity contribution is 7.91. The van der Waals surface area contributed by atoms with Crippen LogP contribution in [0.3, 0.4) is 0 Å². The van der Waals surface area contributed by atoms with Crippen molar-refractivity contribution in [3.8, 4) is 0 Å². The zero-order valence-electron chi connectivity index (χ0n) is 12.0. The molecule has 6 heteroatoms. The molecule has 0 aliphatic rings. The molecular weight excluding hydrogens is 276 g/mol. The van der Waals surface area contributed by atoms with Crippen molar-refractivity contribution in [2.45, 2.75) is 43.8 Å². The first-order chi connectivity index (χ1) is 9.32. The van der Waals surface area contributed by atoms with Gasteiger partial charge in [-0.25, -0.2) is 8.42 Å². The molecule has 5 nitrogen and oxygen atoms in total. The van der Waals surface area contributed by atoms with Crippen LogP contribution in [0.5, 0.6) is 0 Å². The molecule has 0 unspecified atom stereocenters. The molecule has 0 saturated heterocycles. The van der Waals surface area contributed by atoms with E-state index < -0.39 is 15.1 Å². The van der Waals surface area contributed by atoms with Gasteiger partial charge in [-0.15, -0.1) is 0 Å². The third-order valence-corrected chi connectivity index (χ3v) is 5.29. The summed E-state index contributed by atoms with van der Waals surface area (Å²) in [4.78, 5) is 4.26. The Bertz CT molecular complexity index is 687. The maximum Gasteiger partial charge on any atom is 0.245 e. The van der Waals surface area contributed by atoms with Crippen LogP contribution in [0.25, 0.3) is 0 Å². The molecule has 2 aromatic rings. The summed E-state index contributed by atoms with van der Waals surface area (Å²) in [5.74, 6) is 0.912. The Balaban J connectivity index is 2.34. The van der Waals surface area contributed by atoms with Gasteiger partial charge >= 0.3 is 0 Å². The summed E-state index contributed by atoms with van der Waals surface area (Å²) >= 11 is 0. The summed E-state index contributed by atoms with van der Waals surface area (Å²) in [7, 11) is -3.52. The largest absolute Gasteiger partial charge is 0.338 e. The monoisotopic (exact) mass is 294 g/mol. The molecule has 1 atom stereocenters. The summed E-state index contributed by atoms with van der Waals surface area (Å²) in [6.45, 7) is 7.34. The van der Waals surface area contributed by atoms with E-state index in [4.69, 9.17) is 4.52 Å². The van der Waals surface area contributed by atoms with E-state index in [1.165, 1.54) is 0 Å². The quantitative estimate of drug-likeness (QED) is 0.866. The van der Waals surface area contributed by atoms with Crippen molar-refractivity contribution in [2.24, 2.45) is 0 Å². The molecule has 0 radical (unpaired) electrons. The molecule has 0 saturated carbocycles. The molecular formula is C14H18N2O3S. The number of hydrogen-bond donors (Lipinski definition) is 0. The summed E-state index contributed by atoms with van der Waals surface area (Å²) in [6.07, 6.45) is 0. The number of benzene rings is 1. The first kappa shape index (κ1) is 14.7. The number of hydrogen-bond acceptors (Lipinski definition) is 5. The van der Waals surface area contributed by atoms with Gasteiger partial charge in [0.2, 0.25) is 5.89 Å². The van der Waals surface area contributed by atoms with Crippen molar-refractivity contribution in [1.29, 1.82) is 0 Å². The fourth-order valence-corrected chi connectivity index (χ4v) is 3.14. The minimum absolute atomic E-state index is 0.121. The topological polar surface area (TPSA) is 73.1 Å². The highest BCUT2D eigenvalue weighted by Gasteiger charge is 2.29. The second kappa shape index (κ2) is 5.36. The normalized spacial score (nSPS) is 13.7. The van der Waals surface area contributed by atoms with Gasteiger partial charge in [-0.2, -0.15) is 4.98 Å². The van der Waals surface area contributed by atoms with Crippen LogP contribution in [0.4, 0.5) is 0 Å². The standard InChI is InChI=1S/C14H18N2O3S/c1-9(2)12-5-7-13(8-6-12)20(17,18)10(3)14-15-11(4)16-19-14/h5-10H,1-4H3/t10-/m0/s1. The molecule has 0 spiro atoms. The predicted octanol–water partition coefficient (Wildman–Crippen LogP) is 3.04. The predicted molar refractivity (Wildman–Crippen MR) is 75.2 cm³/mol. The first-order valence-electron chi connectivity index (χ1n) is 6.46. The van der Waals surface area contributed by atoms with Crippen molar-refractivity contribution in [3.63, 3.8) is 0 Å². The molecule has 0 N–H and O–H groups in total. The van der Waals surface area contributed by atoms with E-state index in [9.17, 15) is 8.42 Å². The SMILES string of the molecule is Cc1noc([C@H](C)S(=O)(=O)c2ccc(C(C)C)cc2)n1. The second-order valence-electron chi connectivity index (χ2n) is 5.09. The molecule has 20 heavy (non-hydrogen) atoms. The van der Waals surface area contributed by atoms with Gasteiger partial charge in [0.25, 0.3) is 0 Å². The van der Waals surface area contributed by atoms with Gasteiger partial charge in [-0.1, -0.05) is 31.1 Å². The molecule has 0 fully saturated rings. The van der Waals surface area contributed by atoms with E-state index in [0.29, 0.717) is 11.7 Å². The van der Waals surface area contributed by atoms with Crippen molar-refractivity contribution >= 4 is 9.84 Å². The van der Waals surface area contributed by atoms with E-state index in [1.54, 1.807) is 26.0 Å². The number of rotatable bonds is 4. The minimum atomic E-state index is -3.52. The van der Waals surface area contributed by atoms with Gasteiger partial charge in [0.05, 0.1) is 4.90 Å². The van der Waals surface area contributed by atoms with Crippen LogP contribution in [-0.2, 0) is 9.84 Å². The van der Waals surface area contributed by atoms with E-state index >= 15 is 0 Å². The van der Waals surface area contributed by atoms with Crippen molar-refractivity contribution in [2.75, 3.05) is 0 Å². The van der Waals surface area contributed by atoms with Gasteiger partial charge in [-0.3, -0.25) is 0 Å². The molecule has 2 rings (SSSR count). The van der Waals surface area contributed by atoms with Crippen LogP contribution in [0, 0.1) is 6.92 Å². The van der Waals surface area contributed by atoms with Gasteiger partial charge in [0.1, 0.15) is 5.25 Å². The molecule has 1 aromatic carbocycles. The van der Waals surface area contributed by atoms with Gasteiger partial charge in [0, 0.05) is 0 Å². The van der Waals surface area contributed by atoms with Gasteiger partial charge < -0.3 is 4.52 Å². The number of aromatic nitrogens is 2. The van der Waals surface area contributed by atoms with Gasteiger partial charge in [-0.05, 0) is 37.5 Å². The fraction of sp³-hybridized carbons (Fsp3) is 0.429. The number of sulfone groups is 1. The Morgan fingerprint density at radius 1 is 1.10 bits per heavy atom. The molecule has 0 aliphatic carbocycles. The molecule has 108 valence electrons. The average Bonchev–Trinajstić information content (AvgIpc) is 2.84. The van der Waals surface area contributed by atoms with E-state index in [-0.39, 0.29) is 10.8 Å². The van der Waals surface area contributed by atoms with E-state index in [2.05, 4.69) is 24.0 Å². The highest BCUT2D eigenvalue weighted by atomic mass is 32.2. The molecule has 0 amide bonds. The van der Waals surface area contributed by atoms with Crippen LogP contribution in [0.1, 0.15) is 49.2 Å². The lowest BCUT2D eigenvalue weighted by atomic mass is 10.0. The first-order valence-corrected chi connectivity index (χ1v) is 8.01. The van der Waals surface area contributed by atoms with Crippen molar-refractivity contribution < 1.29 is 12.9 Å². The van der Waals surface area contributed by atoms with E-state index in [0.717, 1.165) is 5.56 Å². The lowest BCUT2D eigenvalue weighted by molar-refractivity contribution is 0.373. The average molecular weight is 294 g/mol. The van der Waals surface area contributed by atoms with Crippen molar-refractivity contribution in [3.05, 3.63) is 41.5 Å². The minimum Gasteiger partial charge on any atom is -0.338 e. The Morgan fingerprint density at radius 3 is 2.15 bits per heavy atom. The van der Waals surface area contributed by atoms with Crippen molar-refractivity contribution in [1.82, 2.24) is 10.1 Å². The van der Waals surface area contributed by atoms with E-state index in [1.807, 2.05) is 12.1 Å². The maximum atomic E-state index is 12.5. The van der Waals surface area contributed by atoms with Gasteiger partial charge in [0.15, 0.2) is 15.7 Å². The maximum absolute atomic E-state index is 12.5. The second-order valence-corrected chi connectivity index (χ2v) is 7.36. The zero-order valence-corrected chi connectivity index (χ0v) is 12.8. The Morgan fingerprint density at radius 2 is 1.70 bits per heavy atom. The zero-order chi connectivity index (χ0) is 14.9. The third-order valence-electron chi connectivity index (χ3n) is 3.23. The summed E-state index contributed by atoms with van der Waals surface area (Å²) < 4.78 is 29.9. The lowest BCUT2D eigenvalue weighted by Crippen LogP contribution is -2.11. The Labute approximate surface area is 118 Å². The fourth-order valence-electron chi connectivity index (χ4n) is 1.86. The number of aryl methyl sites for hydroxylation is 1. The molecule has 1 heterocycles. The third kappa shape index (κ3) is 2.75. The summed E-state index contributed by atoms with van der Waals surface area (Å²) in [5, 5.41) is 2.78. The van der Waals surface area contributed by atoms with Crippen LogP contribution in [-0.4, -0.2) is 18.6 Å². The van der Waals surface area contributed by atoms with Crippen LogP contribution < -0.4 is 0 Å². The van der Waals surface area contributed by atoms with Crippen LogP contribution in [0.15, 0.2) is 33.7 Å². The highest BCUT2D eigenvalue weighted by Crippen LogP contribution is 2.28. The molecule has 0 aliphatic heterocycles. The Hall–Kier alpha value is -1.69. The molecule has 1 aromatic heterocycles. The Kier molecular flexibility index (Phi) is 3.94. The van der Waals surface area contributed by atoms with Crippen LogP contribution >= 0.6 is 0 Å².